The molecule has 0 unspecified atom stereocenters. The van der Waals surface area contributed by atoms with Gasteiger partial charge < -0.3 is 0 Å². The van der Waals surface area contributed by atoms with Crippen molar-refractivity contribution in [2.75, 3.05) is 0 Å². The molecule has 1 aromatic heterocycles. The van der Waals surface area contributed by atoms with Gasteiger partial charge in [-0.3, -0.25) is 0 Å². The number of hydrogen-bond acceptors (Lipinski definition) is 2. The van der Waals surface area contributed by atoms with Crippen LogP contribution in [0.4, 0.5) is 0 Å². The predicted octanol–water partition coefficient (Wildman–Crippen LogP) is 6.59. The Labute approximate surface area is 163 Å². The molecule has 130 valence electrons. The Kier molecular flexibility index (Phi) is 3.85. The first-order chi connectivity index (χ1) is 13.8. The second kappa shape index (κ2) is 6.64. The molecule has 0 aliphatic rings. The van der Waals surface area contributed by atoms with Crippen LogP contribution in [0.2, 0.25) is 0 Å². The topological polar surface area (TPSA) is 36.7 Å². The molecule has 2 heteroatoms. The van der Waals surface area contributed by atoms with Crippen molar-refractivity contribution in [3.8, 4) is 28.3 Å². The first-order valence-corrected chi connectivity index (χ1v) is 9.22. The molecule has 0 atom stereocenters. The van der Waals surface area contributed by atoms with E-state index in [1.807, 2.05) is 60.7 Å². The second-order valence-corrected chi connectivity index (χ2v) is 6.77. The summed E-state index contributed by atoms with van der Waals surface area (Å²) in [6, 6.07) is 35.0. The van der Waals surface area contributed by atoms with Gasteiger partial charge in [-0.15, -0.1) is 0 Å². The highest BCUT2D eigenvalue weighted by atomic mass is 14.7. The van der Waals surface area contributed by atoms with Gasteiger partial charge in [0.2, 0.25) is 0 Å². The molecule has 0 fully saturated rings. The molecule has 0 saturated carbocycles. The highest BCUT2D eigenvalue weighted by Crippen LogP contribution is 2.40. The summed E-state index contributed by atoms with van der Waals surface area (Å²) < 4.78 is 0. The summed E-state index contributed by atoms with van der Waals surface area (Å²) in [6.07, 6.45) is 0. The maximum absolute atomic E-state index is 9.95. The summed E-state index contributed by atoms with van der Waals surface area (Å²) in [4.78, 5) is 4.86. The minimum absolute atomic E-state index is 0.639. The van der Waals surface area contributed by atoms with E-state index in [9.17, 15) is 5.26 Å². The Bertz CT molecular complexity index is 1350. The maximum atomic E-state index is 9.95. The van der Waals surface area contributed by atoms with Crippen LogP contribution >= 0.6 is 0 Å². The fourth-order valence-corrected chi connectivity index (χ4v) is 3.82. The average molecular weight is 356 g/mol. The fraction of sp³-hybridized carbons (Fsp3) is 0. The number of nitriles is 1. The van der Waals surface area contributed by atoms with Gasteiger partial charge in [-0.1, -0.05) is 78.9 Å². The van der Waals surface area contributed by atoms with Crippen LogP contribution in [0.1, 0.15) is 5.56 Å². The van der Waals surface area contributed by atoms with Gasteiger partial charge in [0.25, 0.3) is 0 Å². The van der Waals surface area contributed by atoms with Crippen molar-refractivity contribution in [1.82, 2.24) is 4.98 Å². The maximum Gasteiger partial charge on any atom is 0.0999 e. The Hall–Kier alpha value is -3.96. The minimum atomic E-state index is 0.639. The van der Waals surface area contributed by atoms with Crippen molar-refractivity contribution >= 4 is 21.8 Å². The van der Waals surface area contributed by atoms with Gasteiger partial charge in [-0.05, 0) is 29.3 Å². The Morgan fingerprint density at radius 2 is 1.21 bits per heavy atom. The van der Waals surface area contributed by atoms with E-state index in [2.05, 4.69) is 42.5 Å². The summed E-state index contributed by atoms with van der Waals surface area (Å²) >= 11 is 0. The summed E-state index contributed by atoms with van der Waals surface area (Å²) in [6.45, 7) is 0. The molecule has 0 aliphatic heterocycles. The van der Waals surface area contributed by atoms with E-state index in [0.717, 1.165) is 44.1 Å². The van der Waals surface area contributed by atoms with Gasteiger partial charge in [0.05, 0.1) is 22.7 Å². The number of hydrogen-bond donors (Lipinski definition) is 0. The van der Waals surface area contributed by atoms with Crippen molar-refractivity contribution in [1.29, 1.82) is 5.26 Å². The van der Waals surface area contributed by atoms with Gasteiger partial charge >= 0.3 is 0 Å². The van der Waals surface area contributed by atoms with Crippen LogP contribution in [-0.2, 0) is 0 Å². The van der Waals surface area contributed by atoms with Crippen LogP contribution < -0.4 is 0 Å². The largest absolute Gasteiger partial charge is 0.248 e. The van der Waals surface area contributed by atoms with Crippen LogP contribution in [0.25, 0.3) is 44.1 Å². The van der Waals surface area contributed by atoms with E-state index >= 15 is 0 Å². The molecule has 4 aromatic carbocycles. The lowest BCUT2D eigenvalue weighted by molar-refractivity contribution is 1.45. The third-order valence-corrected chi connectivity index (χ3v) is 5.07. The summed E-state index contributed by atoms with van der Waals surface area (Å²) in [5, 5.41) is 12.1. The molecule has 0 aliphatic carbocycles. The molecule has 28 heavy (non-hydrogen) atoms. The monoisotopic (exact) mass is 356 g/mol. The SMILES string of the molecule is N#Cc1cc2nc3ccccc3cc2c(-c2ccccc2)c1-c1ccccc1. The minimum Gasteiger partial charge on any atom is -0.248 e. The van der Waals surface area contributed by atoms with Gasteiger partial charge in [0.15, 0.2) is 0 Å². The lowest BCUT2D eigenvalue weighted by atomic mass is 9.87. The van der Waals surface area contributed by atoms with Crippen LogP contribution in [-0.4, -0.2) is 4.98 Å². The average Bonchev–Trinajstić information content (AvgIpc) is 2.77. The van der Waals surface area contributed by atoms with E-state index in [-0.39, 0.29) is 0 Å². The quantitative estimate of drug-likeness (QED) is 0.334. The van der Waals surface area contributed by atoms with E-state index in [0.29, 0.717) is 5.56 Å². The molecule has 0 saturated heterocycles. The van der Waals surface area contributed by atoms with E-state index < -0.39 is 0 Å². The van der Waals surface area contributed by atoms with Crippen molar-refractivity contribution < 1.29 is 0 Å². The van der Waals surface area contributed by atoms with Crippen molar-refractivity contribution in [3.05, 3.63) is 103 Å². The summed E-state index contributed by atoms with van der Waals surface area (Å²) in [7, 11) is 0. The molecule has 0 radical (unpaired) electrons. The number of fused-ring (bicyclic) bond motifs is 2. The van der Waals surface area contributed by atoms with E-state index in [4.69, 9.17) is 4.98 Å². The zero-order valence-electron chi connectivity index (χ0n) is 15.1. The van der Waals surface area contributed by atoms with Crippen molar-refractivity contribution in [2.45, 2.75) is 0 Å². The van der Waals surface area contributed by atoms with Gasteiger partial charge in [-0.25, -0.2) is 4.98 Å². The standard InChI is InChI=1S/C26H16N2/c27-17-21-16-24-22(15-20-13-7-8-14-23(20)28-24)26(19-11-5-2-6-12-19)25(21)18-9-3-1-4-10-18/h1-16H. The van der Waals surface area contributed by atoms with E-state index in [1.54, 1.807) is 0 Å². The van der Waals surface area contributed by atoms with Gasteiger partial charge in [-0.2, -0.15) is 5.26 Å². The lowest BCUT2D eigenvalue weighted by Gasteiger charge is -2.16. The van der Waals surface area contributed by atoms with Crippen molar-refractivity contribution in [3.63, 3.8) is 0 Å². The molecular formula is C26H16N2. The Morgan fingerprint density at radius 3 is 1.89 bits per heavy atom. The van der Waals surface area contributed by atoms with Crippen LogP contribution in [0, 0.1) is 11.3 Å². The number of nitrogens with zero attached hydrogens (tertiary/aromatic N) is 2. The third kappa shape index (κ3) is 2.62. The molecule has 5 rings (SSSR count). The van der Waals surface area contributed by atoms with Gasteiger partial charge in [0.1, 0.15) is 0 Å². The summed E-state index contributed by atoms with van der Waals surface area (Å²) in [5.74, 6) is 0. The zero-order chi connectivity index (χ0) is 18.9. The number of aromatic nitrogens is 1. The normalized spacial score (nSPS) is 10.8. The van der Waals surface area contributed by atoms with Crippen LogP contribution in [0.15, 0.2) is 97.1 Å². The highest BCUT2D eigenvalue weighted by molar-refractivity contribution is 6.08. The first-order valence-electron chi connectivity index (χ1n) is 9.22. The van der Waals surface area contributed by atoms with Crippen LogP contribution in [0.5, 0.6) is 0 Å². The molecule has 5 aromatic rings. The number of pyridine rings is 1. The molecule has 0 bridgehead atoms. The smallest absolute Gasteiger partial charge is 0.0999 e. The first kappa shape index (κ1) is 16.2. The van der Waals surface area contributed by atoms with Crippen molar-refractivity contribution in [2.24, 2.45) is 0 Å². The molecule has 0 N–H and O–H groups in total. The number of benzene rings is 4. The van der Waals surface area contributed by atoms with Crippen LogP contribution in [0.3, 0.4) is 0 Å². The lowest BCUT2D eigenvalue weighted by Crippen LogP contribution is -1.94. The van der Waals surface area contributed by atoms with E-state index in [1.165, 1.54) is 0 Å². The Balaban J connectivity index is 2.00. The predicted molar refractivity (Wildman–Crippen MR) is 115 cm³/mol. The molecule has 2 nitrogen and oxygen atoms in total. The number of para-hydroxylation sites is 1. The second-order valence-electron chi connectivity index (χ2n) is 6.77. The summed E-state index contributed by atoms with van der Waals surface area (Å²) in [5.41, 5.74) is 6.55. The number of rotatable bonds is 2. The van der Waals surface area contributed by atoms with Gasteiger partial charge in [0, 0.05) is 21.9 Å². The molecular weight excluding hydrogens is 340 g/mol. The highest BCUT2D eigenvalue weighted by Gasteiger charge is 2.18. The molecule has 0 amide bonds. The third-order valence-electron chi connectivity index (χ3n) is 5.07. The molecule has 1 heterocycles. The molecule has 0 spiro atoms. The Morgan fingerprint density at radius 1 is 0.607 bits per heavy atom. The fourth-order valence-electron chi connectivity index (χ4n) is 3.82. The zero-order valence-corrected chi connectivity index (χ0v) is 15.1.